The Bertz CT molecular complexity index is 477. The summed E-state index contributed by atoms with van der Waals surface area (Å²) in [7, 11) is 1.46. The number of carbonyl (C=O) groups is 2. The van der Waals surface area contributed by atoms with Crippen molar-refractivity contribution < 1.29 is 14.3 Å². The number of nitrogens with two attached hydrogens (primary N) is 1. The highest BCUT2D eigenvalue weighted by Crippen LogP contribution is 2.17. The highest BCUT2D eigenvalue weighted by atomic mass is 16.5. The van der Waals surface area contributed by atoms with E-state index in [0.29, 0.717) is 17.9 Å². The molecule has 0 aromatic heterocycles. The first kappa shape index (κ1) is 17.1. The number of ether oxygens (including phenoxy) is 1. The number of anilines is 2. The molecule has 0 bridgehead atoms. The third kappa shape index (κ3) is 6.37. The van der Waals surface area contributed by atoms with Crippen molar-refractivity contribution in [3.8, 4) is 0 Å². The van der Waals surface area contributed by atoms with Crippen molar-refractivity contribution in [3.05, 3.63) is 24.3 Å². The van der Waals surface area contributed by atoms with Crippen LogP contribution in [0, 0.1) is 5.92 Å². The quantitative estimate of drug-likeness (QED) is 0.678. The zero-order valence-electron chi connectivity index (χ0n) is 12.5. The maximum atomic E-state index is 12.0. The monoisotopic (exact) mass is 293 g/mol. The summed E-state index contributed by atoms with van der Waals surface area (Å²) in [5.74, 6) is -0.388. The van der Waals surface area contributed by atoms with Crippen LogP contribution in [0.2, 0.25) is 0 Å². The van der Waals surface area contributed by atoms with Crippen molar-refractivity contribution >= 4 is 23.2 Å². The lowest BCUT2D eigenvalue weighted by Gasteiger charge is -2.12. The van der Waals surface area contributed by atoms with Gasteiger partial charge in [0.1, 0.15) is 6.61 Å². The van der Waals surface area contributed by atoms with E-state index in [1.165, 1.54) is 7.11 Å². The van der Waals surface area contributed by atoms with Gasteiger partial charge in [0.2, 0.25) is 11.8 Å². The fourth-order valence-corrected chi connectivity index (χ4v) is 1.82. The molecule has 0 spiro atoms. The number of rotatable bonds is 8. The van der Waals surface area contributed by atoms with E-state index in [0.717, 1.165) is 12.8 Å². The second kappa shape index (κ2) is 9.10. The molecule has 1 rings (SSSR count). The smallest absolute Gasteiger partial charge is 0.250 e. The van der Waals surface area contributed by atoms with E-state index in [9.17, 15) is 9.59 Å². The van der Waals surface area contributed by atoms with Crippen LogP contribution in [0.15, 0.2) is 24.3 Å². The van der Waals surface area contributed by atoms with Crippen LogP contribution in [-0.2, 0) is 14.3 Å². The Morgan fingerprint density at radius 2 is 1.95 bits per heavy atom. The van der Waals surface area contributed by atoms with Crippen LogP contribution in [0.1, 0.15) is 19.8 Å². The van der Waals surface area contributed by atoms with E-state index in [2.05, 4.69) is 10.6 Å². The molecule has 21 heavy (non-hydrogen) atoms. The zero-order valence-corrected chi connectivity index (χ0v) is 12.5. The number of benzene rings is 1. The van der Waals surface area contributed by atoms with E-state index in [4.69, 9.17) is 10.5 Å². The molecule has 1 aromatic rings. The van der Waals surface area contributed by atoms with Gasteiger partial charge in [-0.2, -0.15) is 0 Å². The molecule has 0 aliphatic carbocycles. The van der Waals surface area contributed by atoms with Gasteiger partial charge in [0.15, 0.2) is 0 Å². The van der Waals surface area contributed by atoms with Crippen molar-refractivity contribution in [1.82, 2.24) is 0 Å². The van der Waals surface area contributed by atoms with Gasteiger partial charge in [0.25, 0.3) is 0 Å². The van der Waals surface area contributed by atoms with Crippen molar-refractivity contribution in [2.45, 2.75) is 19.8 Å². The Balaban J connectivity index is 2.59. The first-order valence-electron chi connectivity index (χ1n) is 6.96. The first-order valence-corrected chi connectivity index (χ1v) is 6.96. The summed E-state index contributed by atoms with van der Waals surface area (Å²) < 4.78 is 4.75. The molecule has 0 aliphatic heterocycles. The van der Waals surface area contributed by atoms with Crippen LogP contribution in [0.25, 0.3) is 0 Å². The molecular formula is C15H23N3O3. The molecule has 0 saturated heterocycles. The molecule has 6 heteroatoms. The topological polar surface area (TPSA) is 93.5 Å². The Morgan fingerprint density at radius 1 is 1.29 bits per heavy atom. The minimum atomic E-state index is -0.239. The summed E-state index contributed by atoms with van der Waals surface area (Å²) in [6.07, 6.45) is 1.58. The van der Waals surface area contributed by atoms with E-state index < -0.39 is 0 Å². The molecule has 0 radical (unpaired) electrons. The van der Waals surface area contributed by atoms with Crippen molar-refractivity contribution in [2.24, 2.45) is 11.7 Å². The maximum absolute atomic E-state index is 12.0. The Hall–Kier alpha value is -1.92. The van der Waals surface area contributed by atoms with Gasteiger partial charge in [-0.3, -0.25) is 9.59 Å². The summed E-state index contributed by atoms with van der Waals surface area (Å²) in [5, 5.41) is 5.52. The predicted octanol–water partition coefficient (Wildman–Crippen LogP) is 1.58. The van der Waals surface area contributed by atoms with E-state index in [-0.39, 0.29) is 24.3 Å². The van der Waals surface area contributed by atoms with Gasteiger partial charge in [-0.05, 0) is 37.6 Å². The molecule has 2 amide bonds. The number of carbonyl (C=O) groups excluding carboxylic acids is 2. The Kier molecular flexibility index (Phi) is 7.42. The van der Waals surface area contributed by atoms with Gasteiger partial charge in [-0.15, -0.1) is 0 Å². The first-order chi connectivity index (χ1) is 10.1. The Morgan fingerprint density at radius 3 is 2.57 bits per heavy atom. The highest BCUT2D eigenvalue weighted by Gasteiger charge is 2.12. The maximum Gasteiger partial charge on any atom is 0.250 e. The number of methoxy groups -OCH3 is 1. The molecule has 0 saturated carbocycles. The fraction of sp³-hybridized carbons (Fsp3) is 0.467. The van der Waals surface area contributed by atoms with Crippen LogP contribution < -0.4 is 16.4 Å². The van der Waals surface area contributed by atoms with E-state index in [1.54, 1.807) is 24.3 Å². The lowest BCUT2D eigenvalue weighted by molar-refractivity contribution is -0.120. The van der Waals surface area contributed by atoms with Gasteiger partial charge in [-0.1, -0.05) is 13.0 Å². The molecular weight excluding hydrogens is 270 g/mol. The number of hydrogen-bond acceptors (Lipinski definition) is 4. The number of amides is 2. The molecule has 1 atom stereocenters. The zero-order chi connectivity index (χ0) is 15.7. The van der Waals surface area contributed by atoms with Gasteiger partial charge >= 0.3 is 0 Å². The minimum absolute atomic E-state index is 0.00723. The average Bonchev–Trinajstić information content (AvgIpc) is 2.45. The Labute approximate surface area is 125 Å². The van der Waals surface area contributed by atoms with Crippen LogP contribution in [0.4, 0.5) is 11.4 Å². The normalized spacial score (nSPS) is 11.8. The molecule has 1 unspecified atom stereocenters. The fourth-order valence-electron chi connectivity index (χ4n) is 1.82. The van der Waals surface area contributed by atoms with Crippen LogP contribution >= 0.6 is 0 Å². The summed E-state index contributed by atoms with van der Waals surface area (Å²) in [6.45, 7) is 2.44. The largest absolute Gasteiger partial charge is 0.375 e. The van der Waals surface area contributed by atoms with Gasteiger partial charge in [0, 0.05) is 24.4 Å². The molecule has 6 nitrogen and oxygen atoms in total. The average molecular weight is 293 g/mol. The van der Waals surface area contributed by atoms with Crippen LogP contribution in [-0.4, -0.2) is 32.1 Å². The van der Waals surface area contributed by atoms with Crippen molar-refractivity contribution in [1.29, 1.82) is 0 Å². The third-order valence-corrected chi connectivity index (χ3v) is 2.98. The lowest BCUT2D eigenvalue weighted by atomic mass is 10.0. The minimum Gasteiger partial charge on any atom is -0.375 e. The number of hydrogen-bond donors (Lipinski definition) is 3. The summed E-state index contributed by atoms with van der Waals surface area (Å²) >= 11 is 0. The molecule has 4 N–H and O–H groups in total. The highest BCUT2D eigenvalue weighted by molar-refractivity contribution is 5.95. The van der Waals surface area contributed by atoms with Gasteiger partial charge in [0.05, 0.1) is 0 Å². The van der Waals surface area contributed by atoms with Crippen molar-refractivity contribution in [2.75, 3.05) is 30.9 Å². The lowest BCUT2D eigenvalue weighted by Crippen LogP contribution is -2.21. The standard InChI is InChI=1S/C15H23N3O3/c1-11(5-4-8-16)15(20)18-13-7-3-6-12(9-13)17-14(19)10-21-2/h3,6-7,9,11H,4-5,8,10,16H2,1-2H3,(H,17,19)(H,18,20). The second-order valence-corrected chi connectivity index (χ2v) is 4.88. The summed E-state index contributed by atoms with van der Waals surface area (Å²) in [5.41, 5.74) is 6.70. The molecule has 1 aromatic carbocycles. The van der Waals surface area contributed by atoms with Crippen LogP contribution in [0.3, 0.4) is 0 Å². The number of nitrogens with one attached hydrogen (secondary N) is 2. The second-order valence-electron chi connectivity index (χ2n) is 4.88. The van der Waals surface area contributed by atoms with E-state index >= 15 is 0 Å². The van der Waals surface area contributed by atoms with Crippen LogP contribution in [0.5, 0.6) is 0 Å². The summed E-state index contributed by atoms with van der Waals surface area (Å²) in [6, 6.07) is 7.00. The van der Waals surface area contributed by atoms with Gasteiger partial charge in [-0.25, -0.2) is 0 Å². The van der Waals surface area contributed by atoms with Gasteiger partial charge < -0.3 is 21.1 Å². The molecule has 0 heterocycles. The SMILES string of the molecule is COCC(=O)Nc1cccc(NC(=O)C(C)CCCN)c1. The van der Waals surface area contributed by atoms with E-state index in [1.807, 2.05) is 6.92 Å². The predicted molar refractivity (Wildman–Crippen MR) is 83.0 cm³/mol. The molecule has 116 valence electrons. The third-order valence-electron chi connectivity index (χ3n) is 2.98. The molecule has 0 fully saturated rings. The molecule has 0 aliphatic rings. The van der Waals surface area contributed by atoms with Crippen molar-refractivity contribution in [3.63, 3.8) is 0 Å². The summed E-state index contributed by atoms with van der Waals surface area (Å²) in [4.78, 5) is 23.4.